The van der Waals surface area contributed by atoms with Crippen molar-refractivity contribution in [2.45, 2.75) is 32.2 Å². The van der Waals surface area contributed by atoms with Crippen molar-refractivity contribution in [1.82, 2.24) is 4.90 Å². The molecule has 18 heavy (non-hydrogen) atoms. The van der Waals surface area contributed by atoms with E-state index >= 15 is 0 Å². The van der Waals surface area contributed by atoms with Gasteiger partial charge in [0.15, 0.2) is 0 Å². The van der Waals surface area contributed by atoms with E-state index in [1.165, 1.54) is 6.07 Å². The highest BCUT2D eigenvalue weighted by Crippen LogP contribution is 2.26. The number of amides is 1. The van der Waals surface area contributed by atoms with Crippen LogP contribution in [0.5, 0.6) is 0 Å². The first kappa shape index (κ1) is 13.3. The molecule has 0 aromatic heterocycles. The Morgan fingerprint density at radius 1 is 1.50 bits per heavy atom. The Hall–Kier alpha value is -1.09. The molecule has 0 saturated heterocycles. The molecular formula is C14H17ClFNO. The fraction of sp³-hybridized carbons (Fsp3) is 0.500. The maximum absolute atomic E-state index is 13.7. The Morgan fingerprint density at radius 2 is 2.22 bits per heavy atom. The lowest BCUT2D eigenvalue weighted by molar-refractivity contribution is 0.0593. The molecule has 1 saturated carbocycles. The number of rotatable bonds is 4. The monoisotopic (exact) mass is 269 g/mol. The second-order valence-corrected chi connectivity index (χ2v) is 5.13. The molecule has 0 radical (unpaired) electrons. The Kier molecular flexibility index (Phi) is 4.23. The van der Waals surface area contributed by atoms with Gasteiger partial charge in [0.1, 0.15) is 5.82 Å². The molecule has 0 heterocycles. The number of hydrogen-bond acceptors (Lipinski definition) is 1. The molecule has 0 aliphatic heterocycles. The summed E-state index contributed by atoms with van der Waals surface area (Å²) >= 11 is 5.74. The summed E-state index contributed by atoms with van der Waals surface area (Å²) < 4.78 is 13.7. The smallest absolute Gasteiger partial charge is 0.257 e. The third-order valence-electron chi connectivity index (χ3n) is 3.45. The highest BCUT2D eigenvalue weighted by Gasteiger charge is 2.30. The summed E-state index contributed by atoms with van der Waals surface area (Å²) in [7, 11) is 0. The Balaban J connectivity index is 2.23. The second kappa shape index (κ2) is 5.70. The van der Waals surface area contributed by atoms with Crippen LogP contribution in [0.3, 0.4) is 0 Å². The van der Waals surface area contributed by atoms with Crippen molar-refractivity contribution < 1.29 is 9.18 Å². The van der Waals surface area contributed by atoms with Gasteiger partial charge in [0, 0.05) is 18.5 Å². The van der Waals surface area contributed by atoms with Crippen molar-refractivity contribution >= 4 is 17.5 Å². The van der Waals surface area contributed by atoms with Gasteiger partial charge in [-0.2, -0.15) is 0 Å². The van der Waals surface area contributed by atoms with Crippen LogP contribution in [0.25, 0.3) is 0 Å². The molecule has 1 aliphatic carbocycles. The fourth-order valence-electron chi connectivity index (χ4n) is 2.20. The summed E-state index contributed by atoms with van der Waals surface area (Å²) in [5.41, 5.74) is 1.05. The molecule has 0 bridgehead atoms. The molecule has 0 spiro atoms. The fourth-order valence-corrected chi connectivity index (χ4v) is 2.38. The highest BCUT2D eigenvalue weighted by atomic mass is 35.5. The molecule has 0 atom stereocenters. The van der Waals surface area contributed by atoms with E-state index in [9.17, 15) is 9.18 Å². The van der Waals surface area contributed by atoms with Gasteiger partial charge in [0.25, 0.3) is 5.91 Å². The largest absolute Gasteiger partial charge is 0.334 e. The predicted molar refractivity (Wildman–Crippen MR) is 70.5 cm³/mol. The van der Waals surface area contributed by atoms with E-state index in [0.717, 1.165) is 24.8 Å². The average molecular weight is 270 g/mol. The lowest BCUT2D eigenvalue weighted by atomic mass is 9.91. The predicted octanol–water partition coefficient (Wildman–Crippen LogP) is 3.37. The summed E-state index contributed by atoms with van der Waals surface area (Å²) in [6, 6.07) is 4.86. The van der Waals surface area contributed by atoms with Crippen molar-refractivity contribution in [3.63, 3.8) is 0 Å². The average Bonchev–Trinajstić information content (AvgIpc) is 2.28. The number of benzene rings is 1. The summed E-state index contributed by atoms with van der Waals surface area (Å²) in [4.78, 5) is 14.1. The summed E-state index contributed by atoms with van der Waals surface area (Å²) in [6.07, 6.45) is 3.12. The highest BCUT2D eigenvalue weighted by molar-refractivity contribution is 6.18. The van der Waals surface area contributed by atoms with E-state index in [4.69, 9.17) is 11.6 Å². The molecule has 1 aromatic rings. The molecule has 0 unspecified atom stereocenters. The Labute approximate surface area is 112 Å². The number of carbonyl (C=O) groups is 1. The number of nitrogens with zero attached hydrogens (tertiary/aromatic N) is 1. The van der Waals surface area contributed by atoms with Gasteiger partial charge < -0.3 is 4.90 Å². The second-order valence-electron chi connectivity index (χ2n) is 4.76. The standard InChI is InChI=1S/C14H17ClFNO/c1-10-5-6-13(16)12(9-10)14(18)17(8-7-15)11-3-2-4-11/h5-6,9,11H,2-4,7-8H2,1H3. The Bertz CT molecular complexity index is 445. The third kappa shape index (κ3) is 2.66. The molecule has 2 nitrogen and oxygen atoms in total. The topological polar surface area (TPSA) is 20.3 Å². The van der Waals surface area contributed by atoms with Crippen molar-refractivity contribution in [2.24, 2.45) is 0 Å². The zero-order valence-electron chi connectivity index (χ0n) is 10.5. The van der Waals surface area contributed by atoms with Gasteiger partial charge in [0.05, 0.1) is 5.56 Å². The molecule has 0 N–H and O–H groups in total. The number of hydrogen-bond donors (Lipinski definition) is 0. The molecule has 1 aromatic carbocycles. The van der Waals surface area contributed by atoms with E-state index in [1.54, 1.807) is 17.0 Å². The molecule has 98 valence electrons. The summed E-state index contributed by atoms with van der Waals surface area (Å²) in [5, 5.41) is 0. The zero-order valence-corrected chi connectivity index (χ0v) is 11.2. The molecule has 2 rings (SSSR count). The van der Waals surface area contributed by atoms with Crippen molar-refractivity contribution in [2.75, 3.05) is 12.4 Å². The van der Waals surface area contributed by atoms with Gasteiger partial charge in [-0.1, -0.05) is 11.6 Å². The van der Waals surface area contributed by atoms with Crippen molar-refractivity contribution in [3.8, 4) is 0 Å². The van der Waals surface area contributed by atoms with E-state index in [-0.39, 0.29) is 17.5 Å². The lowest BCUT2D eigenvalue weighted by Crippen LogP contribution is -2.45. The normalized spacial score (nSPS) is 15.3. The van der Waals surface area contributed by atoms with Crippen LogP contribution in [-0.2, 0) is 0 Å². The van der Waals surface area contributed by atoms with E-state index in [0.29, 0.717) is 12.4 Å². The maximum atomic E-state index is 13.7. The molecule has 1 aliphatic rings. The first-order valence-electron chi connectivity index (χ1n) is 6.26. The van der Waals surface area contributed by atoms with Crippen LogP contribution in [0.4, 0.5) is 4.39 Å². The summed E-state index contributed by atoms with van der Waals surface area (Å²) in [6.45, 7) is 2.34. The van der Waals surface area contributed by atoms with Crippen LogP contribution >= 0.6 is 11.6 Å². The van der Waals surface area contributed by atoms with Crippen LogP contribution < -0.4 is 0 Å². The molecule has 1 amide bonds. The van der Waals surface area contributed by atoms with Gasteiger partial charge in [-0.25, -0.2) is 4.39 Å². The SMILES string of the molecule is Cc1ccc(F)c(C(=O)N(CCCl)C2CCC2)c1. The van der Waals surface area contributed by atoms with Crippen molar-refractivity contribution in [3.05, 3.63) is 35.1 Å². The summed E-state index contributed by atoms with van der Waals surface area (Å²) in [5.74, 6) is -0.304. The number of alkyl halides is 1. The zero-order chi connectivity index (χ0) is 13.1. The van der Waals surface area contributed by atoms with Crippen LogP contribution in [-0.4, -0.2) is 29.3 Å². The minimum absolute atomic E-state index is 0.159. The first-order chi connectivity index (χ1) is 8.63. The van der Waals surface area contributed by atoms with Crippen molar-refractivity contribution in [1.29, 1.82) is 0 Å². The number of carbonyl (C=O) groups excluding carboxylic acids is 1. The van der Waals surface area contributed by atoms with Crippen LogP contribution in [0.15, 0.2) is 18.2 Å². The maximum Gasteiger partial charge on any atom is 0.257 e. The van der Waals surface area contributed by atoms with Gasteiger partial charge in [0.2, 0.25) is 0 Å². The minimum atomic E-state index is -0.454. The number of halogens is 2. The van der Waals surface area contributed by atoms with E-state index < -0.39 is 5.82 Å². The van der Waals surface area contributed by atoms with Gasteiger partial charge in [-0.3, -0.25) is 4.79 Å². The van der Waals surface area contributed by atoms with Crippen LogP contribution in [0, 0.1) is 12.7 Å². The quantitative estimate of drug-likeness (QED) is 0.768. The van der Waals surface area contributed by atoms with Crippen LogP contribution in [0.2, 0.25) is 0 Å². The molecule has 1 fully saturated rings. The molecule has 4 heteroatoms. The van der Waals surface area contributed by atoms with Gasteiger partial charge >= 0.3 is 0 Å². The van der Waals surface area contributed by atoms with E-state index in [1.807, 2.05) is 6.92 Å². The first-order valence-corrected chi connectivity index (χ1v) is 6.80. The Morgan fingerprint density at radius 3 is 2.78 bits per heavy atom. The van der Waals surface area contributed by atoms with Gasteiger partial charge in [-0.05, 0) is 38.3 Å². The number of aryl methyl sites for hydroxylation is 1. The van der Waals surface area contributed by atoms with E-state index in [2.05, 4.69) is 0 Å². The van der Waals surface area contributed by atoms with Crippen LogP contribution in [0.1, 0.15) is 35.2 Å². The van der Waals surface area contributed by atoms with Gasteiger partial charge in [-0.15, -0.1) is 11.6 Å². The third-order valence-corrected chi connectivity index (χ3v) is 3.62. The molecular weight excluding hydrogens is 253 g/mol. The minimum Gasteiger partial charge on any atom is -0.334 e. The lowest BCUT2D eigenvalue weighted by Gasteiger charge is -2.37.